The number of amides is 1. The van der Waals surface area contributed by atoms with Crippen LogP contribution in [0.1, 0.15) is 16.1 Å². The van der Waals surface area contributed by atoms with E-state index >= 15 is 0 Å². The molecule has 3 aromatic rings. The minimum atomic E-state index is -0.506. The average Bonchev–Trinajstić information content (AvgIpc) is 3.18. The minimum Gasteiger partial charge on any atom is -0.352 e. The van der Waals surface area contributed by atoms with Crippen LogP contribution in [-0.4, -0.2) is 17.4 Å². The molecule has 112 valence electrons. The maximum absolute atomic E-state index is 13.5. The van der Waals surface area contributed by atoms with Gasteiger partial charge in [-0.25, -0.2) is 9.37 Å². The van der Waals surface area contributed by atoms with Crippen LogP contribution in [0.3, 0.4) is 0 Å². The number of halogens is 1. The van der Waals surface area contributed by atoms with Gasteiger partial charge in [-0.05, 0) is 23.6 Å². The van der Waals surface area contributed by atoms with Crippen LogP contribution in [0.2, 0.25) is 0 Å². The Kier molecular flexibility index (Phi) is 4.60. The summed E-state index contributed by atoms with van der Waals surface area (Å²) >= 11 is 3.25. The lowest BCUT2D eigenvalue weighted by Gasteiger charge is -2.04. The van der Waals surface area contributed by atoms with E-state index < -0.39 is 11.7 Å². The summed E-state index contributed by atoms with van der Waals surface area (Å²) in [6.07, 6.45) is 0.627. The van der Waals surface area contributed by atoms with Gasteiger partial charge in [-0.1, -0.05) is 18.2 Å². The molecule has 0 spiro atoms. The Morgan fingerprint density at radius 1 is 1.18 bits per heavy atom. The fourth-order valence-corrected chi connectivity index (χ4v) is 3.65. The number of carbonyl (C=O) groups excluding carboxylic acids is 1. The Balaban J connectivity index is 1.55. The van der Waals surface area contributed by atoms with Crippen LogP contribution in [0.4, 0.5) is 4.39 Å². The van der Waals surface area contributed by atoms with Crippen molar-refractivity contribution in [3.05, 3.63) is 64.2 Å². The Labute approximate surface area is 135 Å². The molecule has 3 rings (SSSR count). The zero-order chi connectivity index (χ0) is 15.4. The first-order chi connectivity index (χ1) is 10.7. The molecule has 22 heavy (non-hydrogen) atoms. The van der Waals surface area contributed by atoms with E-state index in [0.717, 1.165) is 15.6 Å². The predicted molar refractivity (Wildman–Crippen MR) is 87.9 cm³/mol. The molecule has 1 N–H and O–H groups in total. The zero-order valence-corrected chi connectivity index (χ0v) is 13.2. The molecule has 2 heterocycles. The van der Waals surface area contributed by atoms with Crippen LogP contribution < -0.4 is 5.32 Å². The molecule has 0 bridgehead atoms. The first-order valence-corrected chi connectivity index (χ1v) is 8.51. The van der Waals surface area contributed by atoms with Crippen LogP contribution in [0, 0.1) is 5.82 Å². The lowest BCUT2D eigenvalue weighted by molar-refractivity contribution is 0.0950. The molecular formula is C16H13FN2OS2. The Bertz CT molecular complexity index is 768. The molecule has 1 amide bonds. The number of hydrogen-bond donors (Lipinski definition) is 1. The number of benzene rings is 1. The Hall–Kier alpha value is -2.05. The molecule has 0 saturated carbocycles. The highest BCUT2D eigenvalue weighted by atomic mass is 32.1. The van der Waals surface area contributed by atoms with Crippen LogP contribution in [0.5, 0.6) is 0 Å². The first kappa shape index (κ1) is 14.9. The Morgan fingerprint density at radius 2 is 2.05 bits per heavy atom. The molecule has 0 saturated heterocycles. The quantitative estimate of drug-likeness (QED) is 0.768. The van der Waals surface area contributed by atoms with Crippen molar-refractivity contribution in [1.82, 2.24) is 10.3 Å². The maximum atomic E-state index is 13.5. The molecule has 3 nitrogen and oxygen atoms in total. The van der Waals surface area contributed by atoms with E-state index in [9.17, 15) is 9.18 Å². The highest BCUT2D eigenvalue weighted by Gasteiger charge is 2.10. The minimum absolute atomic E-state index is 0.0695. The van der Waals surface area contributed by atoms with Gasteiger partial charge in [-0.15, -0.1) is 22.7 Å². The van der Waals surface area contributed by atoms with Gasteiger partial charge in [-0.3, -0.25) is 4.79 Å². The van der Waals surface area contributed by atoms with Crippen molar-refractivity contribution < 1.29 is 9.18 Å². The molecule has 0 fully saturated rings. The molecule has 0 atom stereocenters. The van der Waals surface area contributed by atoms with E-state index in [-0.39, 0.29) is 5.56 Å². The second-order valence-electron chi connectivity index (χ2n) is 4.61. The van der Waals surface area contributed by atoms with Crippen molar-refractivity contribution in [2.24, 2.45) is 0 Å². The van der Waals surface area contributed by atoms with Gasteiger partial charge in [0, 0.05) is 18.3 Å². The van der Waals surface area contributed by atoms with Crippen molar-refractivity contribution in [2.75, 3.05) is 6.54 Å². The highest BCUT2D eigenvalue weighted by molar-refractivity contribution is 7.20. The fraction of sp³-hybridized carbons (Fsp3) is 0.125. The zero-order valence-electron chi connectivity index (χ0n) is 11.6. The molecule has 1 aromatic carbocycles. The molecule has 0 aliphatic carbocycles. The van der Waals surface area contributed by atoms with Crippen molar-refractivity contribution in [1.29, 1.82) is 0 Å². The average molecular weight is 332 g/mol. The summed E-state index contributed by atoms with van der Waals surface area (Å²) in [6.45, 7) is 0.431. The molecule has 2 aromatic heterocycles. The third kappa shape index (κ3) is 3.40. The van der Waals surface area contributed by atoms with E-state index in [4.69, 9.17) is 0 Å². The fourth-order valence-electron chi connectivity index (χ4n) is 1.98. The van der Waals surface area contributed by atoms with Gasteiger partial charge >= 0.3 is 0 Å². The van der Waals surface area contributed by atoms with Crippen LogP contribution in [0.25, 0.3) is 9.88 Å². The summed E-state index contributed by atoms with van der Waals surface area (Å²) in [7, 11) is 0. The smallest absolute Gasteiger partial charge is 0.254 e. The molecule has 0 aliphatic rings. The SMILES string of the molecule is O=C(NCCc1csc(-c2cccs2)n1)c1ccccc1F. The maximum Gasteiger partial charge on any atom is 0.254 e. The molecule has 6 heteroatoms. The summed E-state index contributed by atoms with van der Waals surface area (Å²) in [5.74, 6) is -0.902. The summed E-state index contributed by atoms with van der Waals surface area (Å²) in [5, 5.41) is 7.72. The number of thiazole rings is 1. The monoisotopic (exact) mass is 332 g/mol. The molecular weight excluding hydrogens is 319 g/mol. The van der Waals surface area contributed by atoms with Gasteiger partial charge in [0.2, 0.25) is 0 Å². The third-order valence-electron chi connectivity index (χ3n) is 3.07. The summed E-state index contributed by atoms with van der Waals surface area (Å²) < 4.78 is 13.5. The number of hydrogen-bond acceptors (Lipinski definition) is 4. The number of rotatable bonds is 5. The number of nitrogens with one attached hydrogen (secondary N) is 1. The standard InChI is InChI=1S/C16H13FN2OS2/c17-13-5-2-1-4-12(13)15(20)18-8-7-11-10-22-16(19-11)14-6-3-9-21-14/h1-6,9-10H,7-8H2,(H,18,20). The van der Waals surface area contributed by atoms with Gasteiger partial charge in [-0.2, -0.15) is 0 Å². The van der Waals surface area contributed by atoms with Crippen molar-refractivity contribution >= 4 is 28.6 Å². The molecule has 0 aliphatic heterocycles. The lowest BCUT2D eigenvalue weighted by Crippen LogP contribution is -2.26. The number of nitrogens with zero attached hydrogens (tertiary/aromatic N) is 1. The van der Waals surface area contributed by atoms with Gasteiger partial charge in [0.15, 0.2) is 0 Å². The van der Waals surface area contributed by atoms with E-state index in [0.29, 0.717) is 13.0 Å². The number of carbonyl (C=O) groups is 1. The van der Waals surface area contributed by atoms with E-state index in [1.54, 1.807) is 34.8 Å². The van der Waals surface area contributed by atoms with E-state index in [2.05, 4.69) is 10.3 Å². The van der Waals surface area contributed by atoms with Crippen molar-refractivity contribution in [3.8, 4) is 9.88 Å². The van der Waals surface area contributed by atoms with Gasteiger partial charge < -0.3 is 5.32 Å². The van der Waals surface area contributed by atoms with Gasteiger partial charge in [0.05, 0.1) is 16.1 Å². The topological polar surface area (TPSA) is 42.0 Å². The number of thiophene rings is 1. The summed E-state index contributed by atoms with van der Waals surface area (Å²) in [4.78, 5) is 17.6. The lowest BCUT2D eigenvalue weighted by atomic mass is 10.2. The van der Waals surface area contributed by atoms with Crippen molar-refractivity contribution in [3.63, 3.8) is 0 Å². The third-order valence-corrected chi connectivity index (χ3v) is 5.00. The van der Waals surface area contributed by atoms with Crippen molar-refractivity contribution in [2.45, 2.75) is 6.42 Å². The second-order valence-corrected chi connectivity index (χ2v) is 6.41. The second kappa shape index (κ2) is 6.81. The van der Waals surface area contributed by atoms with E-state index in [1.165, 1.54) is 12.1 Å². The highest BCUT2D eigenvalue weighted by Crippen LogP contribution is 2.27. The largest absolute Gasteiger partial charge is 0.352 e. The summed E-state index contributed by atoms with van der Waals surface area (Å²) in [5.41, 5.74) is 1.00. The van der Waals surface area contributed by atoms with Gasteiger partial charge in [0.25, 0.3) is 5.91 Å². The number of aromatic nitrogens is 1. The Morgan fingerprint density at radius 3 is 2.82 bits per heavy atom. The normalized spacial score (nSPS) is 10.6. The van der Waals surface area contributed by atoms with E-state index in [1.807, 2.05) is 22.9 Å². The predicted octanol–water partition coefficient (Wildman–Crippen LogP) is 3.98. The first-order valence-electron chi connectivity index (χ1n) is 6.75. The molecule has 0 radical (unpaired) electrons. The van der Waals surface area contributed by atoms with Gasteiger partial charge in [0.1, 0.15) is 10.8 Å². The van der Waals surface area contributed by atoms with Crippen LogP contribution in [-0.2, 0) is 6.42 Å². The van der Waals surface area contributed by atoms with Crippen LogP contribution in [0.15, 0.2) is 47.2 Å². The summed E-state index contributed by atoms with van der Waals surface area (Å²) in [6, 6.07) is 9.99. The van der Waals surface area contributed by atoms with Crippen LogP contribution >= 0.6 is 22.7 Å². The molecule has 0 unspecified atom stereocenters.